The van der Waals surface area contributed by atoms with Gasteiger partial charge >= 0.3 is 0 Å². The maximum absolute atomic E-state index is 11.9. The molecule has 1 aliphatic heterocycles. The fourth-order valence-electron chi connectivity index (χ4n) is 2.17. The topological polar surface area (TPSA) is 44.4 Å². The molecule has 0 aromatic carbocycles. The Balaban J connectivity index is 2.27. The van der Waals surface area contributed by atoms with E-state index >= 15 is 0 Å². The molecule has 1 aliphatic rings. The zero-order valence-corrected chi connectivity index (χ0v) is 11.6. The Bertz CT molecular complexity index is 243. The minimum absolute atomic E-state index is 0.000474. The molecule has 0 bridgehead atoms. The van der Waals surface area contributed by atoms with E-state index in [9.17, 15) is 4.79 Å². The number of likely N-dealkylation sites (N-methyl/N-ethyl adjacent to an activating group) is 1. The monoisotopic (exact) mass is 241 g/mol. The molecule has 2 unspecified atom stereocenters. The molecule has 1 fully saturated rings. The van der Waals surface area contributed by atoms with Crippen LogP contribution >= 0.6 is 0 Å². The minimum atomic E-state index is 0.000474. The van der Waals surface area contributed by atoms with Gasteiger partial charge in [0.2, 0.25) is 5.91 Å². The van der Waals surface area contributed by atoms with E-state index in [1.165, 1.54) is 0 Å². The van der Waals surface area contributed by atoms with Crippen LogP contribution in [-0.4, -0.2) is 49.6 Å². The van der Waals surface area contributed by atoms with Crippen molar-refractivity contribution in [2.45, 2.75) is 45.7 Å². The van der Waals surface area contributed by atoms with Gasteiger partial charge in [-0.15, -0.1) is 0 Å². The van der Waals surface area contributed by atoms with Crippen LogP contribution < -0.4 is 10.6 Å². The number of carbonyl (C=O) groups is 1. The Morgan fingerprint density at radius 1 is 1.41 bits per heavy atom. The van der Waals surface area contributed by atoms with Crippen LogP contribution in [0.4, 0.5) is 0 Å². The van der Waals surface area contributed by atoms with E-state index in [4.69, 9.17) is 0 Å². The molecule has 17 heavy (non-hydrogen) atoms. The van der Waals surface area contributed by atoms with Gasteiger partial charge in [0, 0.05) is 25.7 Å². The third-order valence-corrected chi connectivity index (χ3v) is 3.58. The molecular weight excluding hydrogens is 214 g/mol. The molecule has 2 N–H and O–H groups in total. The minimum Gasteiger partial charge on any atom is -0.355 e. The van der Waals surface area contributed by atoms with E-state index in [1.807, 2.05) is 14.0 Å². The summed E-state index contributed by atoms with van der Waals surface area (Å²) in [4.78, 5) is 14.2. The third-order valence-electron chi connectivity index (χ3n) is 3.58. The van der Waals surface area contributed by atoms with Crippen molar-refractivity contribution >= 4 is 5.91 Å². The largest absolute Gasteiger partial charge is 0.355 e. The summed E-state index contributed by atoms with van der Waals surface area (Å²) in [6, 6.07) is 0.543. The number of likely N-dealkylation sites (tertiary alicyclic amines) is 1. The number of amides is 1. The lowest BCUT2D eigenvalue weighted by molar-refractivity contribution is -0.125. The fraction of sp³-hybridized carbons (Fsp3) is 0.923. The molecule has 0 aromatic heterocycles. The molecule has 1 rings (SSSR count). The maximum atomic E-state index is 11.9. The first-order valence-corrected chi connectivity index (χ1v) is 6.73. The predicted molar refractivity (Wildman–Crippen MR) is 71.0 cm³/mol. The summed E-state index contributed by atoms with van der Waals surface area (Å²) in [6.07, 6.45) is 2.19. The number of nitrogens with one attached hydrogen (secondary N) is 2. The van der Waals surface area contributed by atoms with Crippen LogP contribution in [0.5, 0.6) is 0 Å². The highest BCUT2D eigenvalue weighted by molar-refractivity contribution is 5.81. The normalized spacial score (nSPS) is 23.0. The zero-order valence-electron chi connectivity index (χ0n) is 11.6. The van der Waals surface area contributed by atoms with E-state index in [1.54, 1.807) is 0 Å². The van der Waals surface area contributed by atoms with E-state index in [0.29, 0.717) is 12.0 Å². The molecule has 0 saturated carbocycles. The van der Waals surface area contributed by atoms with Gasteiger partial charge in [0.15, 0.2) is 0 Å². The van der Waals surface area contributed by atoms with Crippen molar-refractivity contribution in [3.05, 3.63) is 0 Å². The number of carbonyl (C=O) groups excluding carboxylic acids is 1. The summed E-state index contributed by atoms with van der Waals surface area (Å²) >= 11 is 0. The van der Waals surface area contributed by atoms with Crippen molar-refractivity contribution < 1.29 is 4.79 Å². The van der Waals surface area contributed by atoms with Gasteiger partial charge in [0.05, 0.1) is 6.04 Å². The molecule has 0 radical (unpaired) electrons. The predicted octanol–water partition coefficient (Wildman–Crippen LogP) is 0.831. The van der Waals surface area contributed by atoms with Gasteiger partial charge in [-0.2, -0.15) is 0 Å². The van der Waals surface area contributed by atoms with Crippen LogP contribution in [0.25, 0.3) is 0 Å². The van der Waals surface area contributed by atoms with Gasteiger partial charge < -0.3 is 10.6 Å². The van der Waals surface area contributed by atoms with E-state index in [-0.39, 0.29) is 11.9 Å². The van der Waals surface area contributed by atoms with Crippen LogP contribution in [0, 0.1) is 5.92 Å². The van der Waals surface area contributed by atoms with Crippen molar-refractivity contribution in [2.75, 3.05) is 26.7 Å². The first-order chi connectivity index (χ1) is 8.04. The number of rotatable bonds is 6. The first kappa shape index (κ1) is 14.5. The second-order valence-electron chi connectivity index (χ2n) is 5.42. The number of nitrogens with zero attached hydrogens (tertiary/aromatic N) is 1. The lowest BCUT2D eigenvalue weighted by Gasteiger charge is -2.23. The average molecular weight is 241 g/mol. The lowest BCUT2D eigenvalue weighted by atomic mass is 10.1. The second-order valence-corrected chi connectivity index (χ2v) is 5.42. The van der Waals surface area contributed by atoms with Crippen molar-refractivity contribution in [1.29, 1.82) is 0 Å². The lowest BCUT2D eigenvalue weighted by Crippen LogP contribution is -2.45. The number of hydrogen-bond acceptors (Lipinski definition) is 3. The van der Waals surface area contributed by atoms with Gasteiger partial charge in [-0.3, -0.25) is 9.69 Å². The van der Waals surface area contributed by atoms with Crippen LogP contribution in [0.3, 0.4) is 0 Å². The molecule has 100 valence electrons. The molecule has 2 atom stereocenters. The molecule has 4 heteroatoms. The molecule has 0 aliphatic carbocycles. The van der Waals surface area contributed by atoms with E-state index in [0.717, 1.165) is 32.5 Å². The van der Waals surface area contributed by atoms with E-state index in [2.05, 4.69) is 29.4 Å². The fourth-order valence-corrected chi connectivity index (χ4v) is 2.17. The Kier molecular flexibility index (Phi) is 5.92. The van der Waals surface area contributed by atoms with Gasteiger partial charge in [-0.25, -0.2) is 0 Å². The molecule has 0 aromatic rings. The Hall–Kier alpha value is -0.610. The maximum Gasteiger partial charge on any atom is 0.237 e. The second kappa shape index (κ2) is 6.97. The molecule has 1 heterocycles. The van der Waals surface area contributed by atoms with Gasteiger partial charge in [-0.1, -0.05) is 13.8 Å². The van der Waals surface area contributed by atoms with Crippen LogP contribution in [0.2, 0.25) is 0 Å². The Morgan fingerprint density at radius 3 is 2.65 bits per heavy atom. The first-order valence-electron chi connectivity index (χ1n) is 6.73. The SMILES string of the molecule is CNC1CCN(C(C)C(=O)NCCC(C)C)C1. The van der Waals surface area contributed by atoms with Gasteiger partial charge in [-0.05, 0) is 32.7 Å². The highest BCUT2D eigenvalue weighted by Crippen LogP contribution is 2.12. The Labute approximate surface area is 105 Å². The summed E-state index contributed by atoms with van der Waals surface area (Å²) in [6.45, 7) is 9.15. The van der Waals surface area contributed by atoms with Gasteiger partial charge in [0.1, 0.15) is 0 Å². The molecular formula is C13H27N3O. The summed E-state index contributed by atoms with van der Waals surface area (Å²) < 4.78 is 0. The van der Waals surface area contributed by atoms with Crippen molar-refractivity contribution in [3.8, 4) is 0 Å². The van der Waals surface area contributed by atoms with Crippen molar-refractivity contribution in [1.82, 2.24) is 15.5 Å². The highest BCUT2D eigenvalue weighted by atomic mass is 16.2. The summed E-state index contributed by atoms with van der Waals surface area (Å²) in [5.41, 5.74) is 0. The van der Waals surface area contributed by atoms with Crippen molar-refractivity contribution in [3.63, 3.8) is 0 Å². The van der Waals surface area contributed by atoms with Crippen LogP contribution in [0.1, 0.15) is 33.6 Å². The highest BCUT2D eigenvalue weighted by Gasteiger charge is 2.28. The summed E-state index contributed by atoms with van der Waals surface area (Å²) in [5.74, 6) is 0.813. The zero-order chi connectivity index (χ0) is 12.8. The quantitative estimate of drug-likeness (QED) is 0.724. The molecule has 0 spiro atoms. The Morgan fingerprint density at radius 2 is 2.12 bits per heavy atom. The van der Waals surface area contributed by atoms with Crippen LogP contribution in [0.15, 0.2) is 0 Å². The molecule has 4 nitrogen and oxygen atoms in total. The smallest absolute Gasteiger partial charge is 0.237 e. The summed E-state index contributed by atoms with van der Waals surface area (Å²) in [5, 5.41) is 6.29. The molecule has 1 saturated heterocycles. The van der Waals surface area contributed by atoms with Crippen LogP contribution in [-0.2, 0) is 4.79 Å². The van der Waals surface area contributed by atoms with E-state index < -0.39 is 0 Å². The van der Waals surface area contributed by atoms with Crippen molar-refractivity contribution in [2.24, 2.45) is 5.92 Å². The third kappa shape index (κ3) is 4.64. The number of hydrogen-bond donors (Lipinski definition) is 2. The summed E-state index contributed by atoms with van der Waals surface area (Å²) in [7, 11) is 1.99. The average Bonchev–Trinajstić information content (AvgIpc) is 2.75. The molecule has 1 amide bonds. The van der Waals surface area contributed by atoms with Gasteiger partial charge in [0.25, 0.3) is 0 Å². The standard InChI is InChI=1S/C13H27N3O/c1-10(2)5-7-15-13(17)11(3)16-8-6-12(9-16)14-4/h10-12,14H,5-9H2,1-4H3,(H,15,17).